The Kier molecular flexibility index (Phi) is 7.05. The van der Waals surface area contributed by atoms with Crippen molar-refractivity contribution in [1.29, 1.82) is 0 Å². The van der Waals surface area contributed by atoms with Gasteiger partial charge in [-0.3, -0.25) is 19.1 Å². The van der Waals surface area contributed by atoms with Crippen LogP contribution in [0, 0.1) is 11.6 Å². The summed E-state index contributed by atoms with van der Waals surface area (Å²) >= 11 is 0. The van der Waals surface area contributed by atoms with E-state index in [4.69, 9.17) is 4.42 Å². The molecule has 0 aliphatic rings. The average Bonchev–Trinajstić information content (AvgIpc) is 3.64. The predicted octanol–water partition coefficient (Wildman–Crippen LogP) is 6.45. The lowest BCUT2D eigenvalue weighted by atomic mass is 10.0. The van der Waals surface area contributed by atoms with E-state index in [2.05, 4.69) is 25.6 Å². The van der Waals surface area contributed by atoms with Crippen molar-refractivity contribution in [2.75, 3.05) is 5.32 Å². The molecule has 1 atom stereocenters. The molecular formula is C34H26F2N6O3. The molecule has 0 aliphatic heterocycles. The lowest BCUT2D eigenvalue weighted by Gasteiger charge is -2.18. The third kappa shape index (κ3) is 5.29. The Labute approximate surface area is 254 Å². The maximum absolute atomic E-state index is 14.9. The summed E-state index contributed by atoms with van der Waals surface area (Å²) < 4.78 is 36.0. The van der Waals surface area contributed by atoms with Crippen molar-refractivity contribution in [3.63, 3.8) is 0 Å². The Hall–Kier alpha value is -5.84. The Balaban J connectivity index is 1.18. The van der Waals surface area contributed by atoms with E-state index < -0.39 is 23.1 Å². The Morgan fingerprint density at radius 1 is 1.00 bits per heavy atom. The Morgan fingerprint density at radius 3 is 2.69 bits per heavy atom. The molecule has 0 unspecified atom stereocenters. The highest BCUT2D eigenvalue weighted by molar-refractivity contribution is 6.05. The summed E-state index contributed by atoms with van der Waals surface area (Å²) in [5, 5.41) is 8.30. The first kappa shape index (κ1) is 28.0. The fourth-order valence-corrected chi connectivity index (χ4v) is 5.48. The number of nitrogens with one attached hydrogen (secondary N) is 3. The van der Waals surface area contributed by atoms with Gasteiger partial charge in [0.1, 0.15) is 29.5 Å². The highest BCUT2D eigenvalue weighted by atomic mass is 19.1. The van der Waals surface area contributed by atoms with Gasteiger partial charge in [0.15, 0.2) is 11.4 Å². The summed E-state index contributed by atoms with van der Waals surface area (Å²) in [6, 6.07) is 19.5. The van der Waals surface area contributed by atoms with Crippen LogP contribution in [0.1, 0.15) is 24.2 Å². The maximum Gasteiger partial charge on any atom is 0.277 e. The summed E-state index contributed by atoms with van der Waals surface area (Å²) in [6.07, 6.45) is 4.73. The maximum atomic E-state index is 14.9. The van der Waals surface area contributed by atoms with Crippen LogP contribution in [0.5, 0.6) is 0 Å². The molecular weight excluding hydrogens is 578 g/mol. The van der Waals surface area contributed by atoms with Crippen LogP contribution >= 0.6 is 0 Å². The molecule has 0 spiro atoms. The highest BCUT2D eigenvalue weighted by Gasteiger charge is 2.20. The van der Waals surface area contributed by atoms with E-state index in [9.17, 15) is 18.4 Å². The van der Waals surface area contributed by atoms with Gasteiger partial charge in [0.25, 0.3) is 5.56 Å². The first-order valence-electron chi connectivity index (χ1n) is 14.3. The van der Waals surface area contributed by atoms with E-state index in [-0.39, 0.29) is 41.8 Å². The minimum Gasteiger partial charge on any atom is -0.453 e. The number of amides is 1. The molecule has 1 amide bonds. The molecule has 224 valence electrons. The van der Waals surface area contributed by atoms with Crippen molar-refractivity contribution in [3.8, 4) is 11.4 Å². The van der Waals surface area contributed by atoms with Crippen LogP contribution in [0.3, 0.4) is 0 Å². The minimum atomic E-state index is -0.573. The van der Waals surface area contributed by atoms with Crippen LogP contribution in [0.2, 0.25) is 0 Å². The number of carbonyl (C=O) groups excluding carboxylic acids is 1. The van der Waals surface area contributed by atoms with Gasteiger partial charge in [-0.2, -0.15) is 0 Å². The van der Waals surface area contributed by atoms with Gasteiger partial charge in [0, 0.05) is 45.8 Å². The molecule has 0 bridgehead atoms. The lowest BCUT2D eigenvalue weighted by molar-refractivity contribution is -0.121. The van der Waals surface area contributed by atoms with Gasteiger partial charge < -0.3 is 20.0 Å². The number of anilines is 1. The number of nitrogens with zero attached hydrogens (tertiary/aromatic N) is 3. The first-order valence-corrected chi connectivity index (χ1v) is 14.3. The van der Waals surface area contributed by atoms with E-state index in [0.29, 0.717) is 11.0 Å². The Morgan fingerprint density at radius 2 is 1.84 bits per heavy atom. The number of carbonyl (C=O) groups is 1. The second kappa shape index (κ2) is 11.3. The quantitative estimate of drug-likeness (QED) is 0.183. The number of H-pyrrole nitrogens is 1. The molecule has 9 nitrogen and oxygen atoms in total. The topological polar surface area (TPSA) is 118 Å². The van der Waals surface area contributed by atoms with Gasteiger partial charge in [0.2, 0.25) is 5.91 Å². The van der Waals surface area contributed by atoms with Crippen LogP contribution in [0.25, 0.3) is 44.2 Å². The monoisotopic (exact) mass is 604 g/mol. The van der Waals surface area contributed by atoms with Gasteiger partial charge in [-0.25, -0.2) is 13.8 Å². The van der Waals surface area contributed by atoms with Crippen molar-refractivity contribution >= 4 is 44.4 Å². The Bertz CT molecular complexity index is 2260. The SMILES string of the molecule is C[C@@H](Nc1cnc(-c2ccccc2F)n(CC(=O)NCc2cc3cnccc3[nH]2)c1=O)c1ccc2oc3c(F)cccc3c2c1. The predicted molar refractivity (Wildman–Crippen MR) is 168 cm³/mol. The molecule has 4 heterocycles. The van der Waals surface area contributed by atoms with Crippen LogP contribution in [0.4, 0.5) is 14.5 Å². The number of aromatic nitrogens is 4. The van der Waals surface area contributed by atoms with Crippen LogP contribution < -0.4 is 16.2 Å². The third-order valence-corrected chi connectivity index (χ3v) is 7.76. The number of fused-ring (bicyclic) bond motifs is 4. The highest BCUT2D eigenvalue weighted by Crippen LogP contribution is 2.32. The zero-order valence-corrected chi connectivity index (χ0v) is 24.0. The number of halogens is 2. The van der Waals surface area contributed by atoms with Gasteiger partial charge in [-0.05, 0) is 55.0 Å². The number of pyridine rings is 1. The third-order valence-electron chi connectivity index (χ3n) is 7.76. The molecule has 0 saturated carbocycles. The fraction of sp³-hybridized carbons (Fsp3) is 0.118. The molecule has 0 radical (unpaired) electrons. The van der Waals surface area contributed by atoms with Crippen molar-refractivity contribution in [2.24, 2.45) is 0 Å². The number of hydrogen-bond donors (Lipinski definition) is 3. The summed E-state index contributed by atoms with van der Waals surface area (Å²) in [5.41, 5.74) is 2.86. The summed E-state index contributed by atoms with van der Waals surface area (Å²) in [6.45, 7) is 1.66. The fourth-order valence-electron chi connectivity index (χ4n) is 5.48. The second-order valence-corrected chi connectivity index (χ2v) is 10.7. The number of furan rings is 1. The van der Waals surface area contributed by atoms with Crippen LogP contribution in [-0.2, 0) is 17.9 Å². The van der Waals surface area contributed by atoms with E-state index in [0.717, 1.165) is 32.1 Å². The molecule has 0 saturated heterocycles. The second-order valence-electron chi connectivity index (χ2n) is 10.7. The van der Waals surface area contributed by atoms with E-state index in [1.165, 1.54) is 30.5 Å². The number of rotatable bonds is 8. The summed E-state index contributed by atoms with van der Waals surface area (Å²) in [5.74, 6) is -1.45. The molecule has 4 aromatic heterocycles. The number of aromatic amines is 1. The normalized spacial score (nSPS) is 12.2. The molecule has 45 heavy (non-hydrogen) atoms. The summed E-state index contributed by atoms with van der Waals surface area (Å²) in [4.78, 5) is 38.7. The van der Waals surface area contributed by atoms with E-state index in [1.807, 2.05) is 31.2 Å². The number of benzene rings is 3. The van der Waals surface area contributed by atoms with Gasteiger partial charge in [0.05, 0.1) is 18.3 Å². The number of hydrogen-bond acceptors (Lipinski definition) is 6. The largest absolute Gasteiger partial charge is 0.453 e. The van der Waals surface area contributed by atoms with Crippen LogP contribution in [-0.4, -0.2) is 25.4 Å². The molecule has 11 heteroatoms. The van der Waals surface area contributed by atoms with Gasteiger partial charge in [-0.1, -0.05) is 30.3 Å². The molecule has 0 aliphatic carbocycles. The van der Waals surface area contributed by atoms with Gasteiger partial charge in [-0.15, -0.1) is 0 Å². The summed E-state index contributed by atoms with van der Waals surface area (Å²) in [7, 11) is 0. The smallest absolute Gasteiger partial charge is 0.277 e. The molecule has 7 aromatic rings. The lowest BCUT2D eigenvalue weighted by Crippen LogP contribution is -2.34. The number of para-hydroxylation sites is 1. The van der Waals surface area contributed by atoms with E-state index >= 15 is 0 Å². The molecule has 3 aromatic carbocycles. The molecule has 3 N–H and O–H groups in total. The van der Waals surface area contributed by atoms with Gasteiger partial charge >= 0.3 is 0 Å². The molecule has 7 rings (SSSR count). The van der Waals surface area contributed by atoms with Crippen molar-refractivity contribution in [2.45, 2.75) is 26.1 Å². The minimum absolute atomic E-state index is 0.0245. The van der Waals surface area contributed by atoms with Crippen molar-refractivity contribution < 1.29 is 18.0 Å². The van der Waals surface area contributed by atoms with Crippen molar-refractivity contribution in [1.82, 2.24) is 24.8 Å². The molecule has 0 fully saturated rings. The zero-order valence-electron chi connectivity index (χ0n) is 24.0. The van der Waals surface area contributed by atoms with Crippen LogP contribution in [0.15, 0.2) is 101 Å². The standard InChI is InChI=1S/C34H26F2N6O3/c1-19(20-9-10-30-25(14-20)23-6-4-8-27(36)32(23)45-30)40-29-17-39-33(24-5-2-3-7-26(24)35)42(34(29)44)18-31(43)38-16-22-13-21-15-37-12-11-28(21)41-22/h2-15,17,19,40-41H,16,18H2,1H3,(H,38,43)/t19-/m1/s1. The first-order chi connectivity index (χ1) is 21.9. The average molecular weight is 605 g/mol. The zero-order chi connectivity index (χ0) is 31.1. The van der Waals surface area contributed by atoms with Crippen molar-refractivity contribution in [3.05, 3.63) is 125 Å². The van der Waals surface area contributed by atoms with E-state index in [1.54, 1.807) is 36.7 Å².